The molecule has 4 aliphatic rings. The van der Waals surface area contributed by atoms with E-state index in [4.69, 9.17) is 14.2 Å². The van der Waals surface area contributed by atoms with Gasteiger partial charge in [0.15, 0.2) is 0 Å². The normalized spacial score (nSPS) is 32.6. The Morgan fingerprint density at radius 3 is 1.69 bits per heavy atom. The van der Waals surface area contributed by atoms with E-state index < -0.39 is 39.7 Å². The lowest BCUT2D eigenvalue weighted by Crippen LogP contribution is -2.63. The van der Waals surface area contributed by atoms with Gasteiger partial charge in [0.1, 0.15) is 10.2 Å². The van der Waals surface area contributed by atoms with Crippen molar-refractivity contribution in [2.24, 2.45) is 23.2 Å². The van der Waals surface area contributed by atoms with Crippen LogP contribution >= 0.6 is 11.8 Å². The molecule has 1 saturated carbocycles. The van der Waals surface area contributed by atoms with Crippen LogP contribution in [-0.4, -0.2) is 39.5 Å². The Bertz CT molecular complexity index is 1240. The third-order valence-corrected chi connectivity index (χ3v) is 14.4. The van der Waals surface area contributed by atoms with Crippen LogP contribution in [0, 0.1) is 23.2 Å². The zero-order valence-electron chi connectivity index (χ0n) is 32.6. The average Bonchev–Trinajstić information content (AvgIpc) is 3.57. The summed E-state index contributed by atoms with van der Waals surface area (Å²) in [6.45, 7) is 8.23. The molecule has 1 N–H and O–H groups in total. The molecule has 0 radical (unpaired) electrons. The van der Waals surface area contributed by atoms with Crippen molar-refractivity contribution in [1.82, 2.24) is 0 Å². The number of thioether (sulfide) groups is 1. The first-order valence-corrected chi connectivity index (χ1v) is 22.1. The third kappa shape index (κ3) is 8.72. The Hall–Kier alpha value is -1.57. The van der Waals surface area contributed by atoms with Crippen LogP contribution < -0.4 is 0 Å². The van der Waals surface area contributed by atoms with Gasteiger partial charge in [-0.3, -0.25) is 14.3 Å². The van der Waals surface area contributed by atoms with Gasteiger partial charge < -0.3 is 14.6 Å². The fraction of sp³-hybridized carbons (Fsp3) is 0.818. The molecule has 6 nitrogen and oxygen atoms in total. The molecule has 3 heterocycles. The quantitative estimate of drug-likeness (QED) is 0.0751. The molecular weight excluding hydrogens is 657 g/mol. The van der Waals surface area contributed by atoms with Crippen molar-refractivity contribution >= 4 is 23.7 Å². The van der Waals surface area contributed by atoms with Gasteiger partial charge in [-0.15, -0.1) is 11.8 Å². The molecular formula is C44H70O6S. The van der Waals surface area contributed by atoms with Crippen molar-refractivity contribution in [2.45, 2.75) is 209 Å². The predicted molar refractivity (Wildman–Crippen MR) is 206 cm³/mol. The Morgan fingerprint density at radius 2 is 1.14 bits per heavy atom. The average molecular weight is 727 g/mol. The molecule has 0 bridgehead atoms. The minimum atomic E-state index is -1.26. The summed E-state index contributed by atoms with van der Waals surface area (Å²) in [6, 6.07) is 10.1. The highest BCUT2D eigenvalue weighted by Crippen LogP contribution is 2.75. The molecule has 3 saturated heterocycles. The second-order valence-corrected chi connectivity index (χ2v) is 18.2. The Morgan fingerprint density at radius 1 is 0.667 bits per heavy atom. The molecule has 1 aromatic rings. The van der Waals surface area contributed by atoms with Crippen LogP contribution in [0.25, 0.3) is 0 Å². The van der Waals surface area contributed by atoms with E-state index in [9.17, 15) is 14.7 Å². The maximum atomic E-state index is 14.4. The van der Waals surface area contributed by atoms with Crippen molar-refractivity contribution in [3.05, 3.63) is 30.3 Å². The van der Waals surface area contributed by atoms with Gasteiger partial charge in [0, 0.05) is 18.7 Å². The molecule has 0 aromatic heterocycles. The Labute approximate surface area is 314 Å². The highest BCUT2D eigenvalue weighted by molar-refractivity contribution is 8.01. The molecule has 4 fully saturated rings. The number of aliphatic hydroxyl groups is 1. The molecule has 1 unspecified atom stereocenters. The lowest BCUT2D eigenvalue weighted by Gasteiger charge is -2.52. The van der Waals surface area contributed by atoms with Gasteiger partial charge in [0.05, 0.1) is 17.9 Å². The molecule has 1 aromatic carbocycles. The molecule has 3 aliphatic heterocycles. The van der Waals surface area contributed by atoms with Crippen molar-refractivity contribution in [3.8, 4) is 0 Å². The molecule has 1 aliphatic carbocycles. The summed E-state index contributed by atoms with van der Waals surface area (Å²) in [5, 5.41) is 12.4. The minimum absolute atomic E-state index is 0.211. The van der Waals surface area contributed by atoms with Crippen LogP contribution in [0.3, 0.4) is 0 Å². The van der Waals surface area contributed by atoms with E-state index in [2.05, 4.69) is 13.8 Å². The molecule has 0 spiro atoms. The molecule has 0 amide bonds. The van der Waals surface area contributed by atoms with E-state index in [1.54, 1.807) is 11.8 Å². The number of aliphatic hydroxyl groups excluding tert-OH is 1. The second kappa shape index (κ2) is 18.7. The number of rotatable bonds is 26. The van der Waals surface area contributed by atoms with Crippen molar-refractivity contribution in [2.75, 3.05) is 0 Å². The monoisotopic (exact) mass is 726 g/mol. The summed E-state index contributed by atoms with van der Waals surface area (Å²) in [4.78, 5) is 29.6. The fourth-order valence-corrected chi connectivity index (χ4v) is 12.2. The summed E-state index contributed by atoms with van der Waals surface area (Å²) < 4.78 is 18.2. The van der Waals surface area contributed by atoms with Crippen LogP contribution in [0.5, 0.6) is 0 Å². The third-order valence-electron chi connectivity index (χ3n) is 13.0. The van der Waals surface area contributed by atoms with Crippen molar-refractivity contribution in [3.63, 3.8) is 0 Å². The topological polar surface area (TPSA) is 82.1 Å². The smallest absolute Gasteiger partial charge is 0.325 e. The van der Waals surface area contributed by atoms with E-state index in [1.807, 2.05) is 44.2 Å². The number of carbonyl (C=O) groups is 2. The highest BCUT2D eigenvalue weighted by Gasteiger charge is 2.87. The number of benzene rings is 1. The number of carbonyl (C=O) groups excluding carboxylic acids is 2. The van der Waals surface area contributed by atoms with Gasteiger partial charge in [0.25, 0.3) is 0 Å². The molecule has 5 rings (SSSR count). The molecule has 7 heteroatoms. The number of esters is 2. The van der Waals surface area contributed by atoms with Crippen LogP contribution in [-0.2, 0) is 23.8 Å². The number of ether oxygens (including phenoxy) is 3. The minimum Gasteiger partial charge on any atom is -0.432 e. The lowest BCUT2D eigenvalue weighted by molar-refractivity contribution is -0.280. The maximum Gasteiger partial charge on any atom is 0.325 e. The first-order valence-electron chi connectivity index (χ1n) is 21.3. The van der Waals surface area contributed by atoms with Crippen LogP contribution in [0.2, 0.25) is 0 Å². The van der Waals surface area contributed by atoms with Gasteiger partial charge in [-0.25, -0.2) is 0 Å². The molecule has 51 heavy (non-hydrogen) atoms. The molecule has 288 valence electrons. The zero-order chi connectivity index (χ0) is 36.4. The highest BCUT2D eigenvalue weighted by atomic mass is 32.2. The standard InChI is InChI=1S/C44H70O6S/c1-5-7-9-11-13-15-17-19-21-23-28-32-36(45)44-34(29-25-22-20-18-16-14-12-10-8-6-2)33-43(51-35-30-26-24-27-31-35)37-38(44)42(4,49-40(44)47)50-41(37,3)48-39(43)46/h24,26-27,30-31,34,36-38,45H,5-23,25,28-29,32-33H2,1-4H3/t34-,36?,37-,38+,41+,42-,43+,44-/m1/s1. The lowest BCUT2D eigenvalue weighted by atomic mass is 9.49. The second-order valence-electron chi connectivity index (χ2n) is 16.8. The SMILES string of the molecule is CCCCCCCCCCCCCC(O)[C@]12C(=O)O[C@]3(C)O[C@]4(C)OC(=O)[C@](Sc5ccccc5)(C[C@H]1CCCCCCCCCCCC)[C@@H]4[C@@H]32. The van der Waals surface area contributed by atoms with Gasteiger partial charge in [0.2, 0.25) is 11.6 Å². The van der Waals surface area contributed by atoms with Crippen molar-refractivity contribution < 1.29 is 28.9 Å². The summed E-state index contributed by atoms with van der Waals surface area (Å²) in [5.74, 6) is -4.17. The van der Waals surface area contributed by atoms with E-state index >= 15 is 0 Å². The van der Waals surface area contributed by atoms with Gasteiger partial charge in [-0.1, -0.05) is 167 Å². The van der Waals surface area contributed by atoms with Crippen molar-refractivity contribution in [1.29, 1.82) is 0 Å². The van der Waals surface area contributed by atoms with Gasteiger partial charge in [-0.05, 0) is 37.3 Å². The Balaban J connectivity index is 1.30. The summed E-state index contributed by atoms with van der Waals surface area (Å²) in [7, 11) is 0. The summed E-state index contributed by atoms with van der Waals surface area (Å²) >= 11 is 1.57. The summed E-state index contributed by atoms with van der Waals surface area (Å²) in [5.41, 5.74) is -1.12. The van der Waals surface area contributed by atoms with Crippen LogP contribution in [0.4, 0.5) is 0 Å². The maximum absolute atomic E-state index is 14.4. The first-order chi connectivity index (χ1) is 24.7. The van der Waals surface area contributed by atoms with E-state index in [1.165, 1.54) is 103 Å². The zero-order valence-corrected chi connectivity index (χ0v) is 33.4. The predicted octanol–water partition coefficient (Wildman–Crippen LogP) is 11.7. The fourth-order valence-electron chi connectivity index (χ4n) is 10.6. The van der Waals surface area contributed by atoms with E-state index in [-0.39, 0.29) is 17.9 Å². The number of unbranched alkanes of at least 4 members (excludes halogenated alkanes) is 19. The van der Waals surface area contributed by atoms with Gasteiger partial charge >= 0.3 is 11.9 Å². The number of hydrogen-bond donors (Lipinski definition) is 1. The van der Waals surface area contributed by atoms with Gasteiger partial charge in [-0.2, -0.15) is 0 Å². The molecule has 8 atom stereocenters. The van der Waals surface area contributed by atoms with Crippen LogP contribution in [0.1, 0.15) is 182 Å². The van der Waals surface area contributed by atoms with E-state index in [0.717, 1.165) is 43.4 Å². The largest absolute Gasteiger partial charge is 0.432 e. The summed E-state index contributed by atoms with van der Waals surface area (Å²) in [6.07, 6.45) is 26.9. The van der Waals surface area contributed by atoms with Crippen LogP contribution in [0.15, 0.2) is 35.2 Å². The Kier molecular flexibility index (Phi) is 14.9. The van der Waals surface area contributed by atoms with E-state index in [0.29, 0.717) is 12.8 Å². The first kappa shape index (κ1) is 40.6. The number of hydrogen-bond acceptors (Lipinski definition) is 7.